The zero-order chi connectivity index (χ0) is 11.3. The Balaban J connectivity index is 2.18. The molecule has 1 saturated carbocycles. The van der Waals surface area contributed by atoms with Crippen molar-refractivity contribution in [1.29, 1.82) is 0 Å². The minimum Gasteiger partial charge on any atom is -0.324 e. The lowest BCUT2D eigenvalue weighted by Gasteiger charge is -2.20. The Morgan fingerprint density at radius 3 is 2.33 bits per heavy atom. The monoisotopic (exact) mass is 234 g/mol. The molecule has 0 bridgehead atoms. The molecule has 0 atom stereocenters. The SMILES string of the molecule is O=C(CCC1CCCCC1)CP(=O)(O)O. The van der Waals surface area contributed by atoms with Gasteiger partial charge in [0.05, 0.1) is 0 Å². The van der Waals surface area contributed by atoms with E-state index in [4.69, 9.17) is 9.79 Å². The highest BCUT2D eigenvalue weighted by Crippen LogP contribution is 2.35. The number of Topliss-reactive ketones (excluding diaryl/α,β-unsaturated/α-hetero) is 1. The molecule has 0 aromatic carbocycles. The molecule has 0 saturated heterocycles. The molecule has 1 fully saturated rings. The maximum absolute atomic E-state index is 11.2. The van der Waals surface area contributed by atoms with Crippen LogP contribution >= 0.6 is 7.60 Å². The summed E-state index contributed by atoms with van der Waals surface area (Å²) in [4.78, 5) is 28.4. The average molecular weight is 234 g/mol. The zero-order valence-electron chi connectivity index (χ0n) is 8.89. The van der Waals surface area contributed by atoms with Gasteiger partial charge < -0.3 is 9.79 Å². The van der Waals surface area contributed by atoms with Crippen molar-refractivity contribution in [1.82, 2.24) is 0 Å². The van der Waals surface area contributed by atoms with Gasteiger partial charge in [0.2, 0.25) is 0 Å². The van der Waals surface area contributed by atoms with Gasteiger partial charge in [-0.2, -0.15) is 0 Å². The van der Waals surface area contributed by atoms with Crippen LogP contribution in [0.15, 0.2) is 0 Å². The Bertz CT molecular complexity index is 252. The van der Waals surface area contributed by atoms with Crippen molar-refractivity contribution >= 4 is 13.4 Å². The Hall–Kier alpha value is -0.180. The maximum Gasteiger partial charge on any atom is 0.332 e. The van der Waals surface area contributed by atoms with E-state index in [9.17, 15) is 9.36 Å². The molecule has 0 unspecified atom stereocenters. The van der Waals surface area contributed by atoms with Crippen molar-refractivity contribution < 1.29 is 19.1 Å². The average Bonchev–Trinajstić information content (AvgIpc) is 2.14. The lowest BCUT2D eigenvalue weighted by Crippen LogP contribution is -2.11. The van der Waals surface area contributed by atoms with Crippen molar-refractivity contribution in [2.75, 3.05) is 6.16 Å². The van der Waals surface area contributed by atoms with E-state index in [1.807, 2.05) is 0 Å². The van der Waals surface area contributed by atoms with E-state index in [1.54, 1.807) is 0 Å². The zero-order valence-corrected chi connectivity index (χ0v) is 9.79. The summed E-state index contributed by atoms with van der Waals surface area (Å²) < 4.78 is 10.6. The van der Waals surface area contributed by atoms with E-state index in [1.165, 1.54) is 32.1 Å². The first-order valence-corrected chi connectivity index (χ1v) is 7.33. The second kappa shape index (κ2) is 5.78. The molecule has 1 aliphatic rings. The molecule has 0 amide bonds. The molecule has 0 aromatic rings. The van der Waals surface area contributed by atoms with Crippen molar-refractivity contribution in [2.45, 2.75) is 44.9 Å². The topological polar surface area (TPSA) is 74.6 Å². The maximum atomic E-state index is 11.2. The highest BCUT2D eigenvalue weighted by molar-refractivity contribution is 7.52. The Labute approximate surface area is 90.2 Å². The quantitative estimate of drug-likeness (QED) is 0.714. The molecule has 0 aromatic heterocycles. The van der Waals surface area contributed by atoms with Crippen LogP contribution in [0, 0.1) is 5.92 Å². The van der Waals surface area contributed by atoms with Crippen molar-refractivity contribution in [2.24, 2.45) is 5.92 Å². The third-order valence-corrected chi connectivity index (χ3v) is 3.70. The van der Waals surface area contributed by atoms with Crippen LogP contribution in [0.5, 0.6) is 0 Å². The molecule has 0 heterocycles. The third kappa shape index (κ3) is 6.08. The summed E-state index contributed by atoms with van der Waals surface area (Å²) in [7, 11) is -4.14. The van der Waals surface area contributed by atoms with Crippen molar-refractivity contribution in [3.63, 3.8) is 0 Å². The van der Waals surface area contributed by atoms with Crippen LogP contribution < -0.4 is 0 Å². The highest BCUT2D eigenvalue weighted by atomic mass is 31.2. The van der Waals surface area contributed by atoms with Crippen LogP contribution in [0.25, 0.3) is 0 Å². The molecule has 2 N–H and O–H groups in total. The number of ketones is 1. The first-order chi connectivity index (χ1) is 6.97. The predicted octanol–water partition coefficient (Wildman–Crippen LogP) is 2.09. The minimum atomic E-state index is -4.14. The summed E-state index contributed by atoms with van der Waals surface area (Å²) in [5, 5.41) is 0. The standard InChI is InChI=1S/C10H19O4P/c11-10(8-15(12,13)14)7-6-9-4-2-1-3-5-9/h9H,1-8H2,(H2,12,13,14). The third-order valence-electron chi connectivity index (χ3n) is 2.94. The molecular formula is C10H19O4P. The minimum absolute atomic E-state index is 0.297. The van der Waals surface area contributed by atoms with Crippen LogP contribution in [-0.4, -0.2) is 21.7 Å². The summed E-state index contributed by atoms with van der Waals surface area (Å²) >= 11 is 0. The van der Waals surface area contributed by atoms with Gasteiger partial charge in [-0.05, 0) is 12.3 Å². The fourth-order valence-corrected chi connectivity index (χ4v) is 2.77. The van der Waals surface area contributed by atoms with Crippen LogP contribution in [0.2, 0.25) is 0 Å². The first kappa shape index (κ1) is 12.9. The van der Waals surface area contributed by atoms with Crippen LogP contribution in [0.3, 0.4) is 0 Å². The molecule has 4 nitrogen and oxygen atoms in total. The molecule has 0 spiro atoms. The van der Waals surface area contributed by atoms with Crippen LogP contribution in [0.1, 0.15) is 44.9 Å². The first-order valence-electron chi connectivity index (χ1n) is 5.53. The second-order valence-corrected chi connectivity index (χ2v) is 6.05. The summed E-state index contributed by atoms with van der Waals surface area (Å²) in [6.45, 7) is 0. The van der Waals surface area contributed by atoms with Gasteiger partial charge in [-0.25, -0.2) is 0 Å². The molecule has 5 heteroatoms. The normalized spacial score (nSPS) is 19.1. The second-order valence-electron chi connectivity index (χ2n) is 4.40. The van der Waals surface area contributed by atoms with Gasteiger partial charge in [-0.1, -0.05) is 32.1 Å². The molecule has 1 aliphatic carbocycles. The van der Waals surface area contributed by atoms with Crippen molar-refractivity contribution in [3.8, 4) is 0 Å². The Kier molecular flexibility index (Phi) is 4.97. The van der Waals surface area contributed by atoms with E-state index >= 15 is 0 Å². The van der Waals surface area contributed by atoms with Crippen molar-refractivity contribution in [3.05, 3.63) is 0 Å². The van der Waals surface area contributed by atoms with E-state index in [2.05, 4.69) is 0 Å². The number of hydrogen-bond donors (Lipinski definition) is 2. The number of carbonyl (C=O) groups is 1. The van der Waals surface area contributed by atoms with Gasteiger partial charge in [0.25, 0.3) is 0 Å². The highest BCUT2D eigenvalue weighted by Gasteiger charge is 2.20. The fraction of sp³-hybridized carbons (Fsp3) is 0.900. The van der Waals surface area contributed by atoms with E-state index in [0.29, 0.717) is 12.3 Å². The lowest BCUT2D eigenvalue weighted by molar-refractivity contribution is -0.117. The molecule has 0 radical (unpaired) electrons. The molecular weight excluding hydrogens is 215 g/mol. The van der Waals surface area contributed by atoms with Crippen LogP contribution in [-0.2, 0) is 9.36 Å². The molecule has 88 valence electrons. The largest absolute Gasteiger partial charge is 0.332 e. The lowest BCUT2D eigenvalue weighted by atomic mass is 9.86. The molecule has 15 heavy (non-hydrogen) atoms. The van der Waals surface area contributed by atoms with Crippen LogP contribution in [0.4, 0.5) is 0 Å². The summed E-state index contributed by atoms with van der Waals surface area (Å²) in [5.41, 5.74) is 0. The smallest absolute Gasteiger partial charge is 0.324 e. The summed E-state index contributed by atoms with van der Waals surface area (Å²) in [6.07, 6.45) is 6.64. The Morgan fingerprint density at radius 1 is 1.20 bits per heavy atom. The van der Waals surface area contributed by atoms with Gasteiger partial charge in [0.1, 0.15) is 11.9 Å². The van der Waals surface area contributed by atoms with Gasteiger partial charge in [0, 0.05) is 6.42 Å². The van der Waals surface area contributed by atoms with Gasteiger partial charge in [-0.15, -0.1) is 0 Å². The molecule has 0 aliphatic heterocycles. The fourth-order valence-electron chi connectivity index (χ4n) is 2.15. The molecule has 1 rings (SSSR count). The number of hydrogen-bond acceptors (Lipinski definition) is 2. The van der Waals surface area contributed by atoms with E-state index < -0.39 is 13.8 Å². The summed E-state index contributed by atoms with van der Waals surface area (Å²) in [6, 6.07) is 0. The van der Waals surface area contributed by atoms with Gasteiger partial charge in [0.15, 0.2) is 0 Å². The number of carbonyl (C=O) groups excluding carboxylic acids is 1. The van der Waals surface area contributed by atoms with E-state index in [0.717, 1.165) is 6.42 Å². The Morgan fingerprint density at radius 2 is 1.80 bits per heavy atom. The number of rotatable bonds is 5. The van der Waals surface area contributed by atoms with E-state index in [-0.39, 0.29) is 5.78 Å². The predicted molar refractivity (Wildman–Crippen MR) is 57.7 cm³/mol. The van der Waals surface area contributed by atoms with Gasteiger partial charge >= 0.3 is 7.60 Å². The van der Waals surface area contributed by atoms with Gasteiger partial charge in [-0.3, -0.25) is 9.36 Å². The summed E-state index contributed by atoms with van der Waals surface area (Å²) in [5.74, 6) is 0.299.